The number of phenolic OH excluding ortho intramolecular Hbond substituents is 1. The first-order chi connectivity index (χ1) is 19.3. The van der Waals surface area contributed by atoms with Crippen LogP contribution in [0.3, 0.4) is 0 Å². The Morgan fingerprint density at radius 2 is 1.98 bits per heavy atom. The summed E-state index contributed by atoms with van der Waals surface area (Å²) < 4.78 is 17.5. The van der Waals surface area contributed by atoms with E-state index in [1.54, 1.807) is 42.5 Å². The third kappa shape index (κ3) is 4.21. The van der Waals surface area contributed by atoms with E-state index in [1.807, 2.05) is 19.9 Å². The number of amides is 1. The van der Waals surface area contributed by atoms with Crippen LogP contribution in [-0.2, 0) is 16.0 Å². The molecular formula is C30H26N2O7S. The highest BCUT2D eigenvalue weighted by Crippen LogP contribution is 2.46. The molecule has 2 aliphatic heterocycles. The molecular weight excluding hydrogens is 532 g/mol. The maximum atomic E-state index is 13.6. The zero-order chi connectivity index (χ0) is 28.1. The number of fused-ring (bicyclic) bond motifs is 2. The predicted molar refractivity (Wildman–Crippen MR) is 150 cm³/mol. The minimum Gasteiger partial charge on any atom is -0.507 e. The average Bonchev–Trinajstić information content (AvgIpc) is 3.60. The van der Waals surface area contributed by atoms with Crippen molar-refractivity contribution in [3.63, 3.8) is 0 Å². The minimum absolute atomic E-state index is 0.00437. The van der Waals surface area contributed by atoms with Gasteiger partial charge in [0.05, 0.1) is 35.5 Å². The largest absolute Gasteiger partial charge is 0.507 e. The zero-order valence-electron chi connectivity index (χ0n) is 22.0. The van der Waals surface area contributed by atoms with Crippen molar-refractivity contribution in [2.75, 3.05) is 18.6 Å². The number of ether oxygens (including phenoxy) is 3. The van der Waals surface area contributed by atoms with Gasteiger partial charge in [-0.1, -0.05) is 17.4 Å². The van der Waals surface area contributed by atoms with Crippen LogP contribution in [0.25, 0.3) is 16.0 Å². The summed E-state index contributed by atoms with van der Waals surface area (Å²) in [6.07, 6.45) is 0.670. The second-order valence-corrected chi connectivity index (χ2v) is 10.6. The summed E-state index contributed by atoms with van der Waals surface area (Å²) in [6.45, 7) is 4.35. The van der Waals surface area contributed by atoms with Gasteiger partial charge in [0.25, 0.3) is 5.78 Å². The third-order valence-electron chi connectivity index (χ3n) is 7.00. The Kier molecular flexibility index (Phi) is 6.34. The number of Topliss-reactive ketones (excluding diaryl/α,β-unsaturated/α-hetero) is 1. The number of carbonyl (C=O) groups excluding carboxylic acids is 2. The highest BCUT2D eigenvalue weighted by Gasteiger charge is 2.48. The van der Waals surface area contributed by atoms with E-state index in [0.29, 0.717) is 35.4 Å². The molecule has 0 unspecified atom stereocenters. The number of benzene rings is 3. The Bertz CT molecular complexity index is 1710. The number of carbonyl (C=O) groups is 2. The fraction of sp³-hybridized carbons (Fsp3) is 0.233. The van der Waals surface area contributed by atoms with Crippen molar-refractivity contribution < 1.29 is 34.0 Å². The number of thiazole rings is 1. The van der Waals surface area contributed by atoms with Crippen molar-refractivity contribution in [3.05, 3.63) is 76.9 Å². The van der Waals surface area contributed by atoms with Crippen LogP contribution in [0.1, 0.15) is 36.6 Å². The van der Waals surface area contributed by atoms with Gasteiger partial charge in [-0.25, -0.2) is 4.98 Å². The molecule has 10 heteroatoms. The van der Waals surface area contributed by atoms with Crippen molar-refractivity contribution in [2.45, 2.75) is 32.4 Å². The normalized spacial score (nSPS) is 19.6. The number of ketones is 1. The van der Waals surface area contributed by atoms with Crippen molar-refractivity contribution in [1.29, 1.82) is 0 Å². The Morgan fingerprint density at radius 1 is 1.15 bits per heavy atom. The topological polar surface area (TPSA) is 118 Å². The molecule has 0 spiro atoms. The summed E-state index contributed by atoms with van der Waals surface area (Å²) in [5.74, 6) is -0.501. The molecule has 204 valence electrons. The monoisotopic (exact) mass is 558 g/mol. The van der Waals surface area contributed by atoms with Gasteiger partial charge < -0.3 is 24.4 Å². The molecule has 2 aliphatic rings. The maximum Gasteiger partial charge on any atom is 0.301 e. The molecule has 0 radical (unpaired) electrons. The van der Waals surface area contributed by atoms with Gasteiger partial charge in [-0.2, -0.15) is 0 Å². The van der Waals surface area contributed by atoms with Crippen molar-refractivity contribution >= 4 is 44.1 Å². The number of anilines is 1. The Hall–Kier alpha value is -4.57. The Labute approximate surface area is 233 Å². The summed E-state index contributed by atoms with van der Waals surface area (Å²) in [5, 5.41) is 22.1. The number of aromatic nitrogens is 1. The summed E-state index contributed by atoms with van der Waals surface area (Å²) in [4.78, 5) is 33.1. The van der Waals surface area contributed by atoms with Crippen LogP contribution < -0.4 is 19.1 Å². The summed E-state index contributed by atoms with van der Waals surface area (Å²) >= 11 is 1.24. The van der Waals surface area contributed by atoms with Crippen LogP contribution in [0.5, 0.6) is 23.0 Å². The number of phenols is 1. The first-order valence-corrected chi connectivity index (χ1v) is 13.6. The van der Waals surface area contributed by atoms with E-state index in [2.05, 4.69) is 4.98 Å². The summed E-state index contributed by atoms with van der Waals surface area (Å²) in [7, 11) is 1.41. The standard InChI is InChI=1S/C30H26N2O7S/c1-4-38-19-7-8-20-24(14-19)40-30(31-20)32-26(16-5-9-21(33)23(13-16)37-3)25(28(35)29(32)36)27(34)17-6-10-22-18(12-17)11-15(2)39-22/h5-10,12-15,26,33-34H,4,11H2,1-3H3/t15-,26-/m1/s1. The maximum absolute atomic E-state index is 13.6. The van der Waals surface area contributed by atoms with Crippen molar-refractivity contribution in [2.24, 2.45) is 0 Å². The smallest absolute Gasteiger partial charge is 0.301 e. The molecule has 1 saturated heterocycles. The summed E-state index contributed by atoms with van der Waals surface area (Å²) in [5.41, 5.74) is 2.32. The molecule has 9 nitrogen and oxygen atoms in total. The van der Waals surface area contributed by atoms with Gasteiger partial charge in [0.2, 0.25) is 0 Å². The van der Waals surface area contributed by atoms with Gasteiger partial charge in [0.1, 0.15) is 23.4 Å². The van der Waals surface area contributed by atoms with Gasteiger partial charge in [-0.05, 0) is 73.5 Å². The molecule has 0 saturated carbocycles. The van der Waals surface area contributed by atoms with E-state index in [-0.39, 0.29) is 34.1 Å². The number of methoxy groups -OCH3 is 1. The number of rotatable bonds is 6. The van der Waals surface area contributed by atoms with Crippen LogP contribution in [-0.4, -0.2) is 46.7 Å². The minimum atomic E-state index is -1.02. The summed E-state index contributed by atoms with van der Waals surface area (Å²) in [6, 6.07) is 14.2. The van der Waals surface area contributed by atoms with Crippen LogP contribution in [0.4, 0.5) is 5.13 Å². The molecule has 0 bridgehead atoms. The lowest BCUT2D eigenvalue weighted by molar-refractivity contribution is -0.132. The Morgan fingerprint density at radius 3 is 2.75 bits per heavy atom. The van der Waals surface area contributed by atoms with E-state index in [0.717, 1.165) is 16.0 Å². The lowest BCUT2D eigenvalue weighted by Gasteiger charge is -2.23. The molecule has 2 atom stereocenters. The fourth-order valence-electron chi connectivity index (χ4n) is 5.19. The van der Waals surface area contributed by atoms with E-state index < -0.39 is 17.7 Å². The van der Waals surface area contributed by atoms with Gasteiger partial charge in [0, 0.05) is 12.0 Å². The lowest BCUT2D eigenvalue weighted by Crippen LogP contribution is -2.29. The average molecular weight is 559 g/mol. The highest BCUT2D eigenvalue weighted by molar-refractivity contribution is 7.22. The zero-order valence-corrected chi connectivity index (χ0v) is 22.8. The number of hydrogen-bond acceptors (Lipinski definition) is 9. The number of nitrogens with zero attached hydrogens (tertiary/aromatic N) is 2. The molecule has 6 rings (SSSR count). The lowest BCUT2D eigenvalue weighted by atomic mass is 9.94. The molecule has 3 heterocycles. The third-order valence-corrected chi connectivity index (χ3v) is 8.02. The fourth-order valence-corrected chi connectivity index (χ4v) is 6.21. The van der Waals surface area contributed by atoms with Crippen LogP contribution in [0.15, 0.2) is 60.2 Å². The van der Waals surface area contributed by atoms with Crippen molar-refractivity contribution in [3.8, 4) is 23.0 Å². The number of aliphatic hydroxyl groups is 1. The van der Waals surface area contributed by atoms with E-state index in [4.69, 9.17) is 14.2 Å². The molecule has 2 N–H and O–H groups in total. The molecule has 0 aliphatic carbocycles. The van der Waals surface area contributed by atoms with E-state index >= 15 is 0 Å². The van der Waals surface area contributed by atoms with Gasteiger partial charge in [-0.15, -0.1) is 0 Å². The SMILES string of the molecule is CCOc1ccc2nc(N3C(=O)C(=O)C(=C(O)c4ccc5c(c4)C[C@@H](C)O5)[C@H]3c3ccc(O)c(OC)c3)sc2c1. The highest BCUT2D eigenvalue weighted by atomic mass is 32.1. The molecule has 40 heavy (non-hydrogen) atoms. The van der Waals surface area contributed by atoms with Crippen LogP contribution >= 0.6 is 11.3 Å². The van der Waals surface area contributed by atoms with Crippen LogP contribution in [0, 0.1) is 0 Å². The molecule has 1 amide bonds. The molecule has 1 fully saturated rings. The van der Waals surface area contributed by atoms with Crippen molar-refractivity contribution in [1.82, 2.24) is 4.98 Å². The Balaban J connectivity index is 1.53. The number of aliphatic hydroxyl groups excluding tert-OH is 1. The molecule has 4 aromatic rings. The first kappa shape index (κ1) is 25.7. The number of aromatic hydroxyl groups is 1. The number of hydrogen-bond donors (Lipinski definition) is 2. The molecule has 1 aromatic heterocycles. The van der Waals surface area contributed by atoms with E-state index in [1.165, 1.54) is 29.4 Å². The second-order valence-electron chi connectivity index (χ2n) is 9.61. The van der Waals surface area contributed by atoms with E-state index in [9.17, 15) is 19.8 Å². The second kappa shape index (κ2) is 9.87. The van der Waals surface area contributed by atoms with Gasteiger partial charge >= 0.3 is 5.91 Å². The quantitative estimate of drug-likeness (QED) is 0.185. The van der Waals surface area contributed by atoms with Gasteiger partial charge in [0.15, 0.2) is 16.6 Å². The van der Waals surface area contributed by atoms with Gasteiger partial charge in [-0.3, -0.25) is 14.5 Å². The predicted octanol–water partition coefficient (Wildman–Crippen LogP) is 5.36. The molecule has 3 aromatic carbocycles. The first-order valence-electron chi connectivity index (χ1n) is 12.8. The van der Waals surface area contributed by atoms with Crippen LogP contribution in [0.2, 0.25) is 0 Å².